The van der Waals surface area contributed by atoms with Gasteiger partial charge < -0.3 is 14.2 Å². The molecule has 1 unspecified atom stereocenters. The lowest BCUT2D eigenvalue weighted by molar-refractivity contribution is -0.167. The van der Waals surface area contributed by atoms with Gasteiger partial charge in [-0.1, -0.05) is 214 Å². The van der Waals surface area contributed by atoms with E-state index in [1.54, 1.807) is 0 Å². The fourth-order valence-corrected chi connectivity index (χ4v) is 6.13. The van der Waals surface area contributed by atoms with E-state index in [0.29, 0.717) is 12.8 Å². The molecule has 0 N–H and O–H groups in total. The van der Waals surface area contributed by atoms with Crippen molar-refractivity contribution in [2.24, 2.45) is 0 Å². The molecule has 6 heteroatoms. The zero-order valence-electron chi connectivity index (χ0n) is 38.4. The minimum Gasteiger partial charge on any atom is -0.462 e. The Bertz CT molecular complexity index is 1280. The topological polar surface area (TPSA) is 78.9 Å². The van der Waals surface area contributed by atoms with Gasteiger partial charge in [-0.15, -0.1) is 0 Å². The van der Waals surface area contributed by atoms with Crippen LogP contribution in [0.1, 0.15) is 194 Å². The number of carbonyl (C=O) groups is 3. The highest BCUT2D eigenvalue weighted by atomic mass is 16.6. The Morgan fingerprint density at radius 1 is 0.367 bits per heavy atom. The van der Waals surface area contributed by atoms with Gasteiger partial charge in [0, 0.05) is 19.3 Å². The normalized spacial score (nSPS) is 13.1. The molecular weight excluding hydrogens is 745 g/mol. The zero-order valence-corrected chi connectivity index (χ0v) is 38.4. The molecule has 0 fully saturated rings. The third-order valence-electron chi connectivity index (χ3n) is 9.68. The quantitative estimate of drug-likeness (QED) is 0.0201. The van der Waals surface area contributed by atoms with Crippen molar-refractivity contribution in [3.8, 4) is 0 Å². The maximum atomic E-state index is 12.7. The lowest BCUT2D eigenvalue weighted by Crippen LogP contribution is -2.30. The Kier molecular flexibility index (Phi) is 44.6. The number of carbonyl (C=O) groups excluding carboxylic acids is 3. The number of hydrogen-bond acceptors (Lipinski definition) is 6. The van der Waals surface area contributed by atoms with Crippen molar-refractivity contribution in [3.63, 3.8) is 0 Å². The first kappa shape index (κ1) is 56.1. The average molecular weight is 831 g/mol. The molecule has 6 nitrogen and oxygen atoms in total. The first-order valence-corrected chi connectivity index (χ1v) is 24.0. The molecule has 0 heterocycles. The van der Waals surface area contributed by atoms with Crippen LogP contribution >= 0.6 is 0 Å². The maximum absolute atomic E-state index is 12.7. The van der Waals surface area contributed by atoms with Crippen LogP contribution in [0.3, 0.4) is 0 Å². The molecule has 338 valence electrons. The van der Waals surface area contributed by atoms with E-state index in [2.05, 4.69) is 69.4 Å². The molecule has 0 saturated heterocycles. The highest BCUT2D eigenvalue weighted by molar-refractivity contribution is 5.71. The first-order chi connectivity index (χ1) is 29.5. The second-order valence-corrected chi connectivity index (χ2v) is 15.4. The number of allylic oxidation sites excluding steroid dienone is 18. The van der Waals surface area contributed by atoms with E-state index in [0.717, 1.165) is 103 Å². The third-order valence-corrected chi connectivity index (χ3v) is 9.68. The van der Waals surface area contributed by atoms with Crippen molar-refractivity contribution >= 4 is 17.9 Å². The van der Waals surface area contributed by atoms with E-state index >= 15 is 0 Å². The number of ether oxygens (including phenoxy) is 3. The minimum absolute atomic E-state index is 0.103. The second-order valence-electron chi connectivity index (χ2n) is 15.4. The summed E-state index contributed by atoms with van der Waals surface area (Å²) in [4.78, 5) is 37.8. The summed E-state index contributed by atoms with van der Waals surface area (Å²) < 4.78 is 16.7. The predicted octanol–water partition coefficient (Wildman–Crippen LogP) is 15.6. The molecule has 0 aliphatic heterocycles. The molecule has 0 aliphatic carbocycles. The van der Waals surface area contributed by atoms with Gasteiger partial charge in [-0.2, -0.15) is 0 Å². The van der Waals surface area contributed by atoms with Gasteiger partial charge in [-0.3, -0.25) is 14.4 Å². The van der Waals surface area contributed by atoms with Gasteiger partial charge in [-0.05, 0) is 70.6 Å². The van der Waals surface area contributed by atoms with Gasteiger partial charge in [0.1, 0.15) is 13.2 Å². The maximum Gasteiger partial charge on any atom is 0.306 e. The summed E-state index contributed by atoms with van der Waals surface area (Å²) in [7, 11) is 0. The van der Waals surface area contributed by atoms with Gasteiger partial charge in [0.2, 0.25) is 0 Å². The van der Waals surface area contributed by atoms with Crippen molar-refractivity contribution in [1.82, 2.24) is 0 Å². The fraction of sp³-hybridized carbons (Fsp3) is 0.611. The Balaban J connectivity index is 4.53. The van der Waals surface area contributed by atoms with E-state index < -0.39 is 6.10 Å². The molecule has 0 rings (SSSR count). The van der Waals surface area contributed by atoms with E-state index in [-0.39, 0.29) is 37.5 Å². The molecule has 0 amide bonds. The summed E-state index contributed by atoms with van der Waals surface area (Å²) >= 11 is 0. The van der Waals surface area contributed by atoms with Crippen LogP contribution in [0.4, 0.5) is 0 Å². The second kappa shape index (κ2) is 47.7. The zero-order chi connectivity index (χ0) is 43.7. The lowest BCUT2D eigenvalue weighted by Gasteiger charge is -2.18. The Morgan fingerprint density at radius 2 is 0.733 bits per heavy atom. The average Bonchev–Trinajstić information content (AvgIpc) is 3.24. The predicted molar refractivity (Wildman–Crippen MR) is 256 cm³/mol. The van der Waals surface area contributed by atoms with Crippen LogP contribution in [0.25, 0.3) is 0 Å². The van der Waals surface area contributed by atoms with Crippen LogP contribution in [0.15, 0.2) is 109 Å². The summed E-state index contributed by atoms with van der Waals surface area (Å²) in [6.07, 6.45) is 63.5. The molecule has 60 heavy (non-hydrogen) atoms. The van der Waals surface area contributed by atoms with Gasteiger partial charge in [-0.25, -0.2) is 0 Å². The summed E-state index contributed by atoms with van der Waals surface area (Å²) in [5.41, 5.74) is 0. The molecule has 0 saturated carbocycles. The Labute approximate surface area is 368 Å². The molecule has 0 aromatic rings. The van der Waals surface area contributed by atoms with Gasteiger partial charge >= 0.3 is 17.9 Å². The first-order valence-electron chi connectivity index (χ1n) is 24.0. The van der Waals surface area contributed by atoms with E-state index in [1.807, 2.05) is 60.8 Å². The van der Waals surface area contributed by atoms with Gasteiger partial charge in [0.25, 0.3) is 0 Å². The van der Waals surface area contributed by atoms with E-state index in [4.69, 9.17) is 14.2 Å². The molecule has 0 aliphatic rings. The third kappa shape index (κ3) is 45.2. The number of esters is 3. The van der Waals surface area contributed by atoms with Crippen LogP contribution in [-0.2, 0) is 28.6 Å². The number of unbranched alkanes of at least 4 members (excludes halogenated alkanes) is 17. The summed E-state index contributed by atoms with van der Waals surface area (Å²) in [6, 6.07) is 0. The van der Waals surface area contributed by atoms with Crippen molar-refractivity contribution in [1.29, 1.82) is 0 Å². The van der Waals surface area contributed by atoms with Gasteiger partial charge in [0.15, 0.2) is 6.10 Å². The highest BCUT2D eigenvalue weighted by Crippen LogP contribution is 2.13. The monoisotopic (exact) mass is 831 g/mol. The van der Waals surface area contributed by atoms with Crippen LogP contribution in [0, 0.1) is 0 Å². The molecule has 0 aromatic carbocycles. The summed E-state index contributed by atoms with van der Waals surface area (Å²) in [5.74, 6) is -0.980. The van der Waals surface area contributed by atoms with E-state index in [1.165, 1.54) is 51.4 Å². The van der Waals surface area contributed by atoms with Crippen LogP contribution in [0.2, 0.25) is 0 Å². The van der Waals surface area contributed by atoms with Crippen molar-refractivity contribution < 1.29 is 28.6 Å². The SMILES string of the molecule is CC\C=C/C=C\C=C/C=C\C=C\C=C/CCCCCC(=O)OCC(COC(=O)CCCCCCCCCCCCC)OC(=O)CCCCCC/C=C\C/C=C\C/C=C\CC. The molecule has 0 spiro atoms. The Hall–Kier alpha value is -3.93. The van der Waals surface area contributed by atoms with E-state index in [9.17, 15) is 14.4 Å². The van der Waals surface area contributed by atoms with Crippen molar-refractivity contribution in [2.75, 3.05) is 13.2 Å². The largest absolute Gasteiger partial charge is 0.462 e. The highest BCUT2D eigenvalue weighted by Gasteiger charge is 2.19. The van der Waals surface area contributed by atoms with Crippen LogP contribution in [-0.4, -0.2) is 37.2 Å². The smallest absolute Gasteiger partial charge is 0.306 e. The van der Waals surface area contributed by atoms with Gasteiger partial charge in [0.05, 0.1) is 0 Å². The van der Waals surface area contributed by atoms with Crippen LogP contribution in [0.5, 0.6) is 0 Å². The van der Waals surface area contributed by atoms with Crippen molar-refractivity contribution in [3.05, 3.63) is 109 Å². The number of hydrogen-bond donors (Lipinski definition) is 0. The molecule has 0 bridgehead atoms. The minimum atomic E-state index is -0.807. The van der Waals surface area contributed by atoms with Crippen molar-refractivity contribution in [2.45, 2.75) is 200 Å². The number of rotatable bonds is 41. The fourth-order valence-electron chi connectivity index (χ4n) is 6.13. The standard InChI is InChI=1S/C54H86O6/c1-4-7-10-13-16-19-22-24-26-27-28-30-32-35-38-41-44-47-53(56)59-50-51(49-58-52(55)46-43-40-37-34-31-21-18-15-12-9-6-3)60-54(57)48-45-42-39-36-33-29-25-23-20-17-14-11-8-5-2/h7-8,10-11,13,16-17,19-20,22,24-30,32,51H,4-6,9,12,14-15,18,21,23,31,33-50H2,1-3H3/b10-7-,11-8-,16-13-,20-17-,22-19-,26-24-,28-27+,29-25-,32-30-. The summed E-state index contributed by atoms with van der Waals surface area (Å²) in [6.45, 7) is 6.29. The lowest BCUT2D eigenvalue weighted by atomic mass is 10.1. The summed E-state index contributed by atoms with van der Waals surface area (Å²) in [5, 5.41) is 0. The Morgan fingerprint density at radius 3 is 1.23 bits per heavy atom. The molecule has 0 radical (unpaired) electrons. The molecule has 1 atom stereocenters. The van der Waals surface area contributed by atoms with Crippen LogP contribution < -0.4 is 0 Å². The molecule has 0 aromatic heterocycles. The molecular formula is C54H86O6.